The number of nitrogens with one attached hydrogen (secondary N) is 1. The van der Waals surface area contributed by atoms with Gasteiger partial charge in [-0.2, -0.15) is 0 Å². The Morgan fingerprint density at radius 2 is 2.14 bits per heavy atom. The van der Waals surface area contributed by atoms with E-state index in [1.54, 1.807) is 12.1 Å². The molecule has 0 heterocycles. The zero-order chi connectivity index (χ0) is 10.6. The first-order valence-corrected chi connectivity index (χ1v) is 4.95. The van der Waals surface area contributed by atoms with E-state index < -0.39 is 0 Å². The highest BCUT2D eigenvalue weighted by molar-refractivity contribution is 6.42. The van der Waals surface area contributed by atoms with Crippen LogP contribution >= 0.6 is 23.2 Å². The highest BCUT2D eigenvalue weighted by Gasteiger charge is 2.04. The molecule has 1 aromatic carbocycles. The summed E-state index contributed by atoms with van der Waals surface area (Å²) in [7, 11) is 0. The van der Waals surface area contributed by atoms with Crippen LogP contribution in [0.15, 0.2) is 30.9 Å². The second-order valence-electron chi connectivity index (χ2n) is 2.96. The van der Waals surface area contributed by atoms with Gasteiger partial charge in [-0.25, -0.2) is 0 Å². The molecule has 1 rings (SSSR count). The fourth-order valence-corrected chi connectivity index (χ4v) is 1.45. The molecule has 3 N–H and O–H groups in total. The fraction of sp³-hybridized carbons (Fsp3) is 0.200. The minimum absolute atomic E-state index is 0.0484. The predicted octanol–water partition coefficient (Wildman–Crippen LogP) is 2.55. The van der Waals surface area contributed by atoms with Crippen LogP contribution in [0.3, 0.4) is 0 Å². The zero-order valence-electron chi connectivity index (χ0n) is 7.63. The van der Waals surface area contributed by atoms with Crippen LogP contribution in [0.2, 0.25) is 10.0 Å². The maximum absolute atomic E-state index is 5.87. The third-order valence-electron chi connectivity index (χ3n) is 1.94. The molecule has 0 radical (unpaired) electrons. The van der Waals surface area contributed by atoms with E-state index in [9.17, 15) is 0 Å². The quantitative estimate of drug-likeness (QED) is 0.474. The highest BCUT2D eigenvalue weighted by Crippen LogP contribution is 2.23. The molecule has 0 spiro atoms. The van der Waals surface area contributed by atoms with Gasteiger partial charge in [-0.05, 0) is 24.1 Å². The highest BCUT2D eigenvalue weighted by atomic mass is 35.5. The van der Waals surface area contributed by atoms with Crippen molar-refractivity contribution in [3.05, 3.63) is 46.5 Å². The Hall–Kier alpha value is -0.540. The monoisotopic (exact) mass is 230 g/mol. The Kier molecular flexibility index (Phi) is 4.42. The van der Waals surface area contributed by atoms with Crippen molar-refractivity contribution in [1.82, 2.24) is 5.43 Å². The molecule has 76 valence electrons. The van der Waals surface area contributed by atoms with Crippen molar-refractivity contribution in [3.8, 4) is 0 Å². The minimum atomic E-state index is 0.0484. The van der Waals surface area contributed by atoms with Gasteiger partial charge in [0.15, 0.2) is 0 Å². The lowest BCUT2D eigenvalue weighted by Gasteiger charge is -2.11. The van der Waals surface area contributed by atoms with Gasteiger partial charge in [0.2, 0.25) is 0 Å². The first-order chi connectivity index (χ1) is 6.67. The lowest BCUT2D eigenvalue weighted by molar-refractivity contribution is 0.618. The van der Waals surface area contributed by atoms with Gasteiger partial charge in [0.1, 0.15) is 0 Å². The lowest BCUT2D eigenvalue weighted by atomic mass is 10.1. The maximum Gasteiger partial charge on any atom is 0.0595 e. The Balaban J connectivity index is 2.76. The molecule has 0 amide bonds. The molecule has 1 atom stereocenters. The smallest absolute Gasteiger partial charge is 0.0595 e. The van der Waals surface area contributed by atoms with Crippen molar-refractivity contribution in [2.24, 2.45) is 5.84 Å². The number of halogens is 2. The Morgan fingerprint density at radius 3 is 2.64 bits per heavy atom. The molecule has 0 saturated heterocycles. The molecule has 1 aromatic rings. The maximum atomic E-state index is 5.87. The van der Waals surface area contributed by atoms with Crippen LogP contribution < -0.4 is 11.3 Å². The fourth-order valence-electron chi connectivity index (χ4n) is 1.13. The summed E-state index contributed by atoms with van der Waals surface area (Å²) in [5.74, 6) is 5.32. The Morgan fingerprint density at radius 1 is 1.43 bits per heavy atom. The van der Waals surface area contributed by atoms with E-state index in [1.165, 1.54) is 0 Å². The molecule has 0 aliphatic carbocycles. The summed E-state index contributed by atoms with van der Waals surface area (Å²) in [5, 5.41) is 1.12. The van der Waals surface area contributed by atoms with Gasteiger partial charge in [-0.1, -0.05) is 35.3 Å². The summed E-state index contributed by atoms with van der Waals surface area (Å²) in [6.07, 6.45) is 2.50. The molecule has 2 nitrogen and oxygen atoms in total. The number of nitrogens with two attached hydrogens (primary N) is 1. The predicted molar refractivity (Wildman–Crippen MR) is 61.5 cm³/mol. The third kappa shape index (κ3) is 3.00. The van der Waals surface area contributed by atoms with Crippen molar-refractivity contribution >= 4 is 23.2 Å². The van der Waals surface area contributed by atoms with Gasteiger partial charge in [0, 0.05) is 6.04 Å². The van der Waals surface area contributed by atoms with Gasteiger partial charge < -0.3 is 0 Å². The molecule has 1 unspecified atom stereocenters. The summed E-state index contributed by atoms with van der Waals surface area (Å²) in [5.41, 5.74) is 3.71. The van der Waals surface area contributed by atoms with Gasteiger partial charge in [-0.3, -0.25) is 11.3 Å². The standard InChI is InChI=1S/C10H12Cl2N2/c1-2-8(14-13)5-7-3-4-9(11)10(12)6-7/h2-4,6,8,14H,1,5,13H2. The van der Waals surface area contributed by atoms with E-state index in [0.29, 0.717) is 10.0 Å². The Labute approximate surface area is 93.7 Å². The minimum Gasteiger partial charge on any atom is -0.271 e. The normalized spacial score (nSPS) is 12.5. The first kappa shape index (κ1) is 11.5. The van der Waals surface area contributed by atoms with Crippen LogP contribution in [-0.4, -0.2) is 6.04 Å². The van der Waals surface area contributed by atoms with Crippen molar-refractivity contribution in [2.45, 2.75) is 12.5 Å². The summed E-state index contributed by atoms with van der Waals surface area (Å²) in [6, 6.07) is 5.57. The second-order valence-corrected chi connectivity index (χ2v) is 3.78. The van der Waals surface area contributed by atoms with Crippen LogP contribution in [0.4, 0.5) is 0 Å². The third-order valence-corrected chi connectivity index (χ3v) is 2.68. The van der Waals surface area contributed by atoms with E-state index in [2.05, 4.69) is 12.0 Å². The summed E-state index contributed by atoms with van der Waals surface area (Å²) >= 11 is 11.7. The number of rotatable bonds is 4. The van der Waals surface area contributed by atoms with Crippen molar-refractivity contribution in [1.29, 1.82) is 0 Å². The molecule has 14 heavy (non-hydrogen) atoms. The number of hydrazine groups is 1. The molecular weight excluding hydrogens is 219 g/mol. The first-order valence-electron chi connectivity index (χ1n) is 4.20. The van der Waals surface area contributed by atoms with E-state index in [4.69, 9.17) is 29.0 Å². The topological polar surface area (TPSA) is 38.0 Å². The Bertz CT molecular complexity index is 326. The average molecular weight is 231 g/mol. The van der Waals surface area contributed by atoms with E-state index in [0.717, 1.165) is 12.0 Å². The second kappa shape index (κ2) is 5.37. The number of hydrogen-bond donors (Lipinski definition) is 2. The molecule has 0 fully saturated rings. The average Bonchev–Trinajstić information content (AvgIpc) is 2.19. The van der Waals surface area contributed by atoms with Gasteiger partial charge in [-0.15, -0.1) is 6.58 Å². The van der Waals surface area contributed by atoms with Crippen LogP contribution in [0.1, 0.15) is 5.56 Å². The molecular formula is C10H12Cl2N2. The molecule has 0 saturated carbocycles. The van der Waals surface area contributed by atoms with Crippen LogP contribution in [0.5, 0.6) is 0 Å². The zero-order valence-corrected chi connectivity index (χ0v) is 9.15. The summed E-state index contributed by atoms with van der Waals surface area (Å²) in [4.78, 5) is 0. The van der Waals surface area contributed by atoms with Crippen molar-refractivity contribution < 1.29 is 0 Å². The van der Waals surface area contributed by atoms with Gasteiger partial charge in [0.25, 0.3) is 0 Å². The van der Waals surface area contributed by atoms with Crippen molar-refractivity contribution in [3.63, 3.8) is 0 Å². The van der Waals surface area contributed by atoms with E-state index in [1.807, 2.05) is 12.1 Å². The van der Waals surface area contributed by atoms with E-state index >= 15 is 0 Å². The molecule has 0 aromatic heterocycles. The van der Waals surface area contributed by atoms with E-state index in [-0.39, 0.29) is 6.04 Å². The summed E-state index contributed by atoms with van der Waals surface area (Å²) < 4.78 is 0. The van der Waals surface area contributed by atoms with Gasteiger partial charge >= 0.3 is 0 Å². The molecule has 0 aliphatic rings. The van der Waals surface area contributed by atoms with Crippen LogP contribution in [0.25, 0.3) is 0 Å². The molecule has 0 bridgehead atoms. The molecule has 0 aliphatic heterocycles. The lowest BCUT2D eigenvalue weighted by Crippen LogP contribution is -2.34. The largest absolute Gasteiger partial charge is 0.271 e. The molecule has 4 heteroatoms. The van der Waals surface area contributed by atoms with Crippen LogP contribution in [0, 0.1) is 0 Å². The number of hydrogen-bond acceptors (Lipinski definition) is 2. The SMILES string of the molecule is C=CC(Cc1ccc(Cl)c(Cl)c1)NN. The van der Waals surface area contributed by atoms with Crippen LogP contribution in [-0.2, 0) is 6.42 Å². The van der Waals surface area contributed by atoms with Crippen molar-refractivity contribution in [2.75, 3.05) is 0 Å². The van der Waals surface area contributed by atoms with Gasteiger partial charge in [0.05, 0.1) is 10.0 Å². The number of benzene rings is 1. The summed E-state index contributed by atoms with van der Waals surface area (Å²) in [6.45, 7) is 3.67.